The molecule has 0 aromatic carbocycles. The number of hydrogen-bond acceptors (Lipinski definition) is 6. The Labute approximate surface area is 141 Å². The molecule has 1 aromatic rings. The van der Waals surface area contributed by atoms with E-state index in [1.807, 2.05) is 20.8 Å². The van der Waals surface area contributed by atoms with E-state index in [2.05, 4.69) is 15.5 Å². The summed E-state index contributed by atoms with van der Waals surface area (Å²) in [5.74, 6) is 0.456. The van der Waals surface area contributed by atoms with Crippen LogP contribution in [0.1, 0.15) is 45.3 Å². The molecular formula is C16H26N4O4. The zero-order valence-electron chi connectivity index (χ0n) is 14.8. The Morgan fingerprint density at radius 1 is 1.50 bits per heavy atom. The Morgan fingerprint density at radius 2 is 2.25 bits per heavy atom. The van der Waals surface area contributed by atoms with Crippen LogP contribution in [0.4, 0.5) is 0 Å². The smallest absolute Gasteiger partial charge is 0.226 e. The monoisotopic (exact) mass is 338 g/mol. The van der Waals surface area contributed by atoms with E-state index in [1.54, 1.807) is 12.0 Å². The van der Waals surface area contributed by atoms with Gasteiger partial charge in [-0.05, 0) is 20.3 Å². The molecule has 2 amide bonds. The number of likely N-dealkylation sites (tertiary alicyclic amines) is 1. The molecule has 8 heteroatoms. The molecule has 24 heavy (non-hydrogen) atoms. The maximum atomic E-state index is 12.5. The maximum absolute atomic E-state index is 12.5. The summed E-state index contributed by atoms with van der Waals surface area (Å²) in [5, 5.41) is 6.89. The summed E-state index contributed by atoms with van der Waals surface area (Å²) in [6.45, 7) is 7.07. The Bertz CT molecular complexity index is 584. The number of rotatable bonds is 8. The fourth-order valence-corrected chi connectivity index (χ4v) is 2.66. The minimum Gasteiger partial charge on any atom is -0.383 e. The zero-order chi connectivity index (χ0) is 17.7. The Kier molecular flexibility index (Phi) is 5.93. The van der Waals surface area contributed by atoms with E-state index in [4.69, 9.17) is 9.26 Å². The van der Waals surface area contributed by atoms with Gasteiger partial charge in [0.15, 0.2) is 5.82 Å². The second-order valence-corrected chi connectivity index (χ2v) is 6.61. The van der Waals surface area contributed by atoms with Gasteiger partial charge in [-0.15, -0.1) is 0 Å². The summed E-state index contributed by atoms with van der Waals surface area (Å²) in [6, 6.07) is 0. The van der Waals surface area contributed by atoms with Gasteiger partial charge in [0.25, 0.3) is 0 Å². The van der Waals surface area contributed by atoms with Crippen molar-refractivity contribution in [2.24, 2.45) is 5.92 Å². The van der Waals surface area contributed by atoms with Gasteiger partial charge in [-0.1, -0.05) is 12.1 Å². The SMILES string of the molecule is CCCc1nc(C(C)(C)NC(=O)C2CC(=O)N(CCOC)C2)no1. The largest absolute Gasteiger partial charge is 0.383 e. The average Bonchev–Trinajstić information content (AvgIpc) is 3.12. The second kappa shape index (κ2) is 7.74. The summed E-state index contributed by atoms with van der Waals surface area (Å²) in [5.41, 5.74) is -0.754. The number of nitrogens with zero attached hydrogens (tertiary/aromatic N) is 3. The lowest BCUT2D eigenvalue weighted by atomic mass is 10.0. The fraction of sp³-hybridized carbons (Fsp3) is 0.750. The van der Waals surface area contributed by atoms with Gasteiger partial charge in [0.05, 0.1) is 18.1 Å². The molecular weight excluding hydrogens is 312 g/mol. The Balaban J connectivity index is 1.96. The van der Waals surface area contributed by atoms with Crippen LogP contribution in [0, 0.1) is 5.92 Å². The standard InChI is InChI=1S/C16H26N4O4/c1-5-6-12-17-15(19-24-12)16(2,3)18-14(22)11-9-13(21)20(10-11)7-8-23-4/h11H,5-10H2,1-4H3,(H,18,22). The highest BCUT2D eigenvalue weighted by Crippen LogP contribution is 2.22. The number of carbonyl (C=O) groups is 2. The highest BCUT2D eigenvalue weighted by molar-refractivity contribution is 5.89. The number of aromatic nitrogens is 2. The van der Waals surface area contributed by atoms with Gasteiger partial charge in [0, 0.05) is 33.0 Å². The van der Waals surface area contributed by atoms with Crippen LogP contribution < -0.4 is 5.32 Å². The van der Waals surface area contributed by atoms with Crippen molar-refractivity contribution in [2.45, 2.75) is 45.6 Å². The molecule has 2 rings (SSSR count). The van der Waals surface area contributed by atoms with Crippen LogP contribution in [0.3, 0.4) is 0 Å². The number of ether oxygens (including phenoxy) is 1. The van der Waals surface area contributed by atoms with E-state index in [-0.39, 0.29) is 24.2 Å². The van der Waals surface area contributed by atoms with Crippen LogP contribution in [0.2, 0.25) is 0 Å². The molecule has 1 aromatic heterocycles. The quantitative estimate of drug-likeness (QED) is 0.755. The van der Waals surface area contributed by atoms with Crippen LogP contribution in [0.15, 0.2) is 4.52 Å². The third-order valence-electron chi connectivity index (χ3n) is 4.08. The number of methoxy groups -OCH3 is 1. The molecule has 0 bridgehead atoms. The van der Waals surface area contributed by atoms with Crippen molar-refractivity contribution in [1.82, 2.24) is 20.4 Å². The highest BCUT2D eigenvalue weighted by atomic mass is 16.5. The van der Waals surface area contributed by atoms with Crippen molar-refractivity contribution in [3.63, 3.8) is 0 Å². The first-order chi connectivity index (χ1) is 11.4. The Hall–Kier alpha value is -1.96. The number of carbonyl (C=O) groups excluding carboxylic acids is 2. The molecule has 0 spiro atoms. The van der Waals surface area contributed by atoms with Crippen LogP contribution in [0.25, 0.3) is 0 Å². The lowest BCUT2D eigenvalue weighted by Crippen LogP contribution is -2.45. The van der Waals surface area contributed by atoms with Gasteiger partial charge in [0.2, 0.25) is 17.7 Å². The van der Waals surface area contributed by atoms with Gasteiger partial charge >= 0.3 is 0 Å². The van der Waals surface area contributed by atoms with E-state index >= 15 is 0 Å². The molecule has 8 nitrogen and oxygen atoms in total. The summed E-state index contributed by atoms with van der Waals surface area (Å²) < 4.78 is 10.2. The lowest BCUT2D eigenvalue weighted by molar-refractivity contribution is -0.129. The van der Waals surface area contributed by atoms with Crippen molar-refractivity contribution < 1.29 is 18.8 Å². The topological polar surface area (TPSA) is 97.6 Å². The molecule has 1 fully saturated rings. The molecule has 1 saturated heterocycles. The van der Waals surface area contributed by atoms with Gasteiger partial charge in [-0.2, -0.15) is 4.98 Å². The van der Waals surface area contributed by atoms with Crippen LogP contribution >= 0.6 is 0 Å². The molecule has 1 aliphatic rings. The molecule has 1 N–H and O–H groups in total. The summed E-state index contributed by atoms with van der Waals surface area (Å²) >= 11 is 0. The predicted molar refractivity (Wildman–Crippen MR) is 86.0 cm³/mol. The number of aryl methyl sites for hydroxylation is 1. The minimum absolute atomic E-state index is 0.0187. The van der Waals surface area contributed by atoms with Crippen LogP contribution in [0.5, 0.6) is 0 Å². The molecule has 1 atom stereocenters. The van der Waals surface area contributed by atoms with Crippen molar-refractivity contribution >= 4 is 11.8 Å². The van der Waals surface area contributed by atoms with Crippen LogP contribution in [-0.4, -0.2) is 53.7 Å². The number of amides is 2. The van der Waals surface area contributed by atoms with E-state index in [9.17, 15) is 9.59 Å². The van der Waals surface area contributed by atoms with Gasteiger partial charge < -0.3 is 19.5 Å². The van der Waals surface area contributed by atoms with Crippen molar-refractivity contribution in [3.8, 4) is 0 Å². The predicted octanol–water partition coefficient (Wildman–Crippen LogP) is 0.868. The number of hydrogen-bond donors (Lipinski definition) is 1. The van der Waals surface area contributed by atoms with Crippen molar-refractivity contribution in [3.05, 3.63) is 11.7 Å². The molecule has 0 aliphatic carbocycles. The summed E-state index contributed by atoms with van der Waals surface area (Å²) in [4.78, 5) is 30.5. The normalized spacial score (nSPS) is 18.2. The average molecular weight is 338 g/mol. The third-order valence-corrected chi connectivity index (χ3v) is 4.08. The zero-order valence-corrected chi connectivity index (χ0v) is 14.8. The second-order valence-electron chi connectivity index (χ2n) is 6.61. The maximum Gasteiger partial charge on any atom is 0.226 e. The lowest BCUT2D eigenvalue weighted by Gasteiger charge is -2.24. The first-order valence-electron chi connectivity index (χ1n) is 8.29. The fourth-order valence-electron chi connectivity index (χ4n) is 2.66. The molecule has 134 valence electrons. The molecule has 2 heterocycles. The van der Waals surface area contributed by atoms with Gasteiger partial charge in [-0.25, -0.2) is 0 Å². The first-order valence-corrected chi connectivity index (χ1v) is 8.29. The van der Waals surface area contributed by atoms with Crippen molar-refractivity contribution in [2.75, 3.05) is 26.8 Å². The van der Waals surface area contributed by atoms with Gasteiger partial charge in [-0.3, -0.25) is 9.59 Å². The summed E-state index contributed by atoms with van der Waals surface area (Å²) in [7, 11) is 1.59. The Morgan fingerprint density at radius 3 is 2.92 bits per heavy atom. The van der Waals surface area contributed by atoms with E-state index < -0.39 is 5.54 Å². The highest BCUT2D eigenvalue weighted by Gasteiger charge is 2.37. The molecule has 0 radical (unpaired) electrons. The van der Waals surface area contributed by atoms with E-state index in [0.29, 0.717) is 37.8 Å². The first kappa shape index (κ1) is 18.4. The molecule has 1 aliphatic heterocycles. The summed E-state index contributed by atoms with van der Waals surface area (Å²) in [6.07, 6.45) is 1.84. The molecule has 0 saturated carbocycles. The number of nitrogens with one attached hydrogen (secondary N) is 1. The van der Waals surface area contributed by atoms with Crippen molar-refractivity contribution in [1.29, 1.82) is 0 Å². The van der Waals surface area contributed by atoms with Gasteiger partial charge in [0.1, 0.15) is 0 Å². The minimum atomic E-state index is -0.754. The molecule has 1 unspecified atom stereocenters. The van der Waals surface area contributed by atoms with E-state index in [0.717, 1.165) is 6.42 Å². The van der Waals surface area contributed by atoms with Crippen LogP contribution in [-0.2, 0) is 26.3 Å². The third kappa shape index (κ3) is 4.31. The van der Waals surface area contributed by atoms with E-state index in [1.165, 1.54) is 0 Å².